The zero-order valence-corrected chi connectivity index (χ0v) is 19.5. The minimum Gasteiger partial charge on any atom is -0.0654 e. The summed E-state index contributed by atoms with van der Waals surface area (Å²) < 4.78 is 0. The third kappa shape index (κ3) is 15.2. The van der Waals surface area contributed by atoms with E-state index >= 15 is 0 Å². The molecule has 0 amide bonds. The summed E-state index contributed by atoms with van der Waals surface area (Å²) in [7, 11) is -0.606. The molecule has 0 spiro atoms. The van der Waals surface area contributed by atoms with Gasteiger partial charge in [-0.1, -0.05) is 98.3 Å². The highest BCUT2D eigenvalue weighted by molar-refractivity contribution is 7.75. The van der Waals surface area contributed by atoms with Gasteiger partial charge in [-0.25, -0.2) is 0 Å². The lowest BCUT2D eigenvalue weighted by atomic mass is 10.1. The van der Waals surface area contributed by atoms with Crippen molar-refractivity contribution in [2.24, 2.45) is 0 Å². The highest BCUT2D eigenvalue weighted by atomic mass is 31.2. The molecule has 0 aliphatic heterocycles. The molecule has 0 saturated heterocycles. The number of unbranched alkanes of at least 4 members (excludes halogenated alkanes) is 12. The van der Waals surface area contributed by atoms with Crippen LogP contribution in [0, 0.1) is 0 Å². The van der Waals surface area contributed by atoms with E-state index in [4.69, 9.17) is 0 Å². The standard InChI is InChI=1S/C24H52P/c1-5-9-12-13-14-15-16-17-18-19-20-24-25(21-8-4,22-10-6-2)23-11-7-3/h5-24H2,1-4H3/q+1. The summed E-state index contributed by atoms with van der Waals surface area (Å²) in [6.45, 7) is 9.49. The average Bonchev–Trinajstić information content (AvgIpc) is 2.63. The van der Waals surface area contributed by atoms with E-state index in [1.165, 1.54) is 103 Å². The van der Waals surface area contributed by atoms with Gasteiger partial charge in [0.15, 0.2) is 0 Å². The van der Waals surface area contributed by atoms with Crippen molar-refractivity contribution in [3.05, 3.63) is 0 Å². The first-order valence-corrected chi connectivity index (χ1v) is 14.6. The molecule has 0 aromatic rings. The van der Waals surface area contributed by atoms with Crippen molar-refractivity contribution >= 4 is 7.26 Å². The Labute approximate surface area is 162 Å². The third-order valence-corrected chi connectivity index (χ3v) is 11.1. The van der Waals surface area contributed by atoms with Gasteiger partial charge in [0.1, 0.15) is 0 Å². The van der Waals surface area contributed by atoms with E-state index in [1.807, 2.05) is 0 Å². The molecule has 0 unspecified atom stereocenters. The summed E-state index contributed by atoms with van der Waals surface area (Å²) in [6, 6.07) is 0. The highest BCUT2D eigenvalue weighted by Gasteiger charge is 2.34. The van der Waals surface area contributed by atoms with E-state index in [-0.39, 0.29) is 0 Å². The minimum absolute atomic E-state index is 0.606. The molecule has 25 heavy (non-hydrogen) atoms. The van der Waals surface area contributed by atoms with Gasteiger partial charge in [-0.15, -0.1) is 0 Å². The molecule has 0 aliphatic rings. The van der Waals surface area contributed by atoms with Gasteiger partial charge in [0, 0.05) is 7.26 Å². The van der Waals surface area contributed by atoms with Crippen molar-refractivity contribution in [2.45, 2.75) is 130 Å². The predicted molar refractivity (Wildman–Crippen MR) is 123 cm³/mol. The van der Waals surface area contributed by atoms with E-state index in [0.29, 0.717) is 0 Å². The van der Waals surface area contributed by atoms with Crippen LogP contribution in [0.4, 0.5) is 0 Å². The Morgan fingerprint density at radius 1 is 0.320 bits per heavy atom. The van der Waals surface area contributed by atoms with Crippen molar-refractivity contribution in [1.82, 2.24) is 0 Å². The lowest BCUT2D eigenvalue weighted by Gasteiger charge is -2.27. The van der Waals surface area contributed by atoms with Crippen molar-refractivity contribution in [2.75, 3.05) is 24.6 Å². The molecule has 0 aromatic carbocycles. The SMILES string of the molecule is CCCCCCCCCCCCC[P+](CCC)(CCCC)CCCC. The lowest BCUT2D eigenvalue weighted by Crippen LogP contribution is -2.12. The molecular formula is C24H52P+. The molecule has 0 N–H and O–H groups in total. The Hall–Kier alpha value is 0.430. The van der Waals surface area contributed by atoms with Crippen molar-refractivity contribution < 1.29 is 0 Å². The maximum Gasteiger partial charge on any atom is 0.0594 e. The van der Waals surface area contributed by atoms with Crippen LogP contribution in [0.1, 0.15) is 130 Å². The van der Waals surface area contributed by atoms with E-state index in [2.05, 4.69) is 27.7 Å². The second kappa shape index (κ2) is 19.2. The maximum absolute atomic E-state index is 2.42. The zero-order valence-electron chi connectivity index (χ0n) is 18.6. The van der Waals surface area contributed by atoms with Crippen LogP contribution < -0.4 is 0 Å². The molecule has 0 heterocycles. The van der Waals surface area contributed by atoms with Gasteiger partial charge in [0.25, 0.3) is 0 Å². The Bertz CT molecular complexity index is 240. The molecule has 0 aromatic heterocycles. The van der Waals surface area contributed by atoms with Gasteiger partial charge in [0.05, 0.1) is 24.6 Å². The molecular weight excluding hydrogens is 319 g/mol. The first-order valence-electron chi connectivity index (χ1n) is 12.1. The fraction of sp³-hybridized carbons (Fsp3) is 1.00. The first kappa shape index (κ1) is 25.4. The second-order valence-electron chi connectivity index (χ2n) is 8.48. The quantitative estimate of drug-likeness (QED) is 0.148. The van der Waals surface area contributed by atoms with Crippen LogP contribution in [0.15, 0.2) is 0 Å². The Kier molecular flexibility index (Phi) is 19.5. The minimum atomic E-state index is -0.606. The Morgan fingerprint density at radius 3 is 1.08 bits per heavy atom. The van der Waals surface area contributed by atoms with Crippen molar-refractivity contribution in [3.63, 3.8) is 0 Å². The Morgan fingerprint density at radius 2 is 0.680 bits per heavy atom. The van der Waals surface area contributed by atoms with E-state index in [0.717, 1.165) is 0 Å². The predicted octanol–water partition coefficient (Wildman–Crippen LogP) is 9.33. The molecule has 0 radical (unpaired) electrons. The van der Waals surface area contributed by atoms with Crippen LogP contribution in [0.5, 0.6) is 0 Å². The molecule has 0 aliphatic carbocycles. The number of hydrogen-bond acceptors (Lipinski definition) is 0. The molecule has 0 saturated carbocycles. The summed E-state index contributed by atoms with van der Waals surface area (Å²) in [5.41, 5.74) is 0. The monoisotopic (exact) mass is 371 g/mol. The molecule has 152 valence electrons. The third-order valence-electron chi connectivity index (χ3n) is 5.91. The average molecular weight is 372 g/mol. The van der Waals surface area contributed by atoms with Crippen LogP contribution in [0.3, 0.4) is 0 Å². The lowest BCUT2D eigenvalue weighted by molar-refractivity contribution is 0.554. The molecule has 1 heteroatoms. The normalized spacial score (nSPS) is 12.0. The van der Waals surface area contributed by atoms with Crippen LogP contribution in [0.2, 0.25) is 0 Å². The van der Waals surface area contributed by atoms with Crippen LogP contribution in [-0.2, 0) is 0 Å². The summed E-state index contributed by atoms with van der Waals surface area (Å²) in [6.07, 6.45) is 29.9. The van der Waals surface area contributed by atoms with Gasteiger partial charge < -0.3 is 0 Å². The smallest absolute Gasteiger partial charge is 0.0594 e. The summed E-state index contributed by atoms with van der Waals surface area (Å²) >= 11 is 0. The highest BCUT2D eigenvalue weighted by Crippen LogP contribution is 2.61. The number of hydrogen-bond donors (Lipinski definition) is 0. The number of rotatable bonds is 20. The van der Waals surface area contributed by atoms with Crippen LogP contribution >= 0.6 is 7.26 Å². The summed E-state index contributed by atoms with van der Waals surface area (Å²) in [5.74, 6) is 0. The Balaban J connectivity index is 3.84. The molecule has 0 atom stereocenters. The van der Waals surface area contributed by atoms with Crippen LogP contribution in [-0.4, -0.2) is 24.6 Å². The largest absolute Gasteiger partial charge is 0.0654 e. The summed E-state index contributed by atoms with van der Waals surface area (Å²) in [5, 5.41) is 0. The van der Waals surface area contributed by atoms with Gasteiger partial charge in [-0.2, -0.15) is 0 Å². The van der Waals surface area contributed by atoms with Gasteiger partial charge in [0.2, 0.25) is 0 Å². The fourth-order valence-corrected chi connectivity index (χ4v) is 9.40. The fourth-order valence-electron chi connectivity index (χ4n) is 4.24. The van der Waals surface area contributed by atoms with Crippen LogP contribution in [0.25, 0.3) is 0 Å². The topological polar surface area (TPSA) is 0 Å². The van der Waals surface area contributed by atoms with Gasteiger partial charge in [-0.05, 0) is 32.1 Å². The first-order chi connectivity index (χ1) is 12.2. The van der Waals surface area contributed by atoms with Gasteiger partial charge in [-0.3, -0.25) is 0 Å². The zero-order chi connectivity index (χ0) is 18.6. The van der Waals surface area contributed by atoms with E-state index in [9.17, 15) is 0 Å². The molecule has 0 nitrogen and oxygen atoms in total. The van der Waals surface area contributed by atoms with E-state index in [1.54, 1.807) is 24.6 Å². The molecule has 0 fully saturated rings. The van der Waals surface area contributed by atoms with Crippen molar-refractivity contribution in [3.8, 4) is 0 Å². The summed E-state index contributed by atoms with van der Waals surface area (Å²) in [4.78, 5) is 0. The van der Waals surface area contributed by atoms with E-state index < -0.39 is 7.26 Å². The van der Waals surface area contributed by atoms with Crippen molar-refractivity contribution in [1.29, 1.82) is 0 Å². The molecule has 0 bridgehead atoms. The maximum atomic E-state index is 2.42. The molecule has 0 rings (SSSR count). The second-order valence-corrected chi connectivity index (χ2v) is 13.0. The van der Waals surface area contributed by atoms with Gasteiger partial charge >= 0.3 is 0 Å².